The van der Waals surface area contributed by atoms with E-state index in [4.69, 9.17) is 11.6 Å². The maximum absolute atomic E-state index is 12.3. The van der Waals surface area contributed by atoms with Gasteiger partial charge >= 0.3 is 0 Å². The Morgan fingerprint density at radius 3 is 2.75 bits per heavy atom. The van der Waals surface area contributed by atoms with Crippen molar-refractivity contribution in [3.05, 3.63) is 33.3 Å². The first-order valence-corrected chi connectivity index (χ1v) is 7.17. The zero-order valence-corrected chi connectivity index (χ0v) is 11.6. The van der Waals surface area contributed by atoms with Crippen LogP contribution in [0.25, 0.3) is 0 Å². The lowest BCUT2D eigenvalue weighted by atomic mass is 9.88. The molecule has 0 saturated heterocycles. The molecule has 1 aromatic carbocycles. The van der Waals surface area contributed by atoms with Crippen LogP contribution in [0.2, 0.25) is 5.02 Å². The number of nitro benzene ring substituents is 1. The Labute approximate surface area is 121 Å². The van der Waals surface area contributed by atoms with Gasteiger partial charge in [0.05, 0.1) is 4.92 Å². The van der Waals surface area contributed by atoms with Gasteiger partial charge in [-0.15, -0.1) is 0 Å². The van der Waals surface area contributed by atoms with E-state index in [0.717, 1.165) is 19.3 Å². The summed E-state index contributed by atoms with van der Waals surface area (Å²) in [6.07, 6.45) is 4.47. The van der Waals surface area contributed by atoms with Crippen LogP contribution < -0.4 is 5.32 Å². The molecule has 5 nitrogen and oxygen atoms in total. The van der Waals surface area contributed by atoms with Gasteiger partial charge in [-0.2, -0.15) is 0 Å². The van der Waals surface area contributed by atoms with Gasteiger partial charge < -0.3 is 5.32 Å². The van der Waals surface area contributed by atoms with Crippen LogP contribution in [-0.2, 0) is 4.79 Å². The Balaban J connectivity index is 1.73. The molecule has 1 amide bonds. The SMILES string of the molecule is O=C(Nc1ccc(Cl)c([N+](=O)[O-])c1)[C@H]1C[C@H]2CC[C@@H]1C2. The Morgan fingerprint density at radius 1 is 1.35 bits per heavy atom. The Kier molecular flexibility index (Phi) is 3.38. The van der Waals surface area contributed by atoms with Crippen LogP contribution in [0.15, 0.2) is 18.2 Å². The minimum absolute atomic E-state index is 0.0196. The highest BCUT2D eigenvalue weighted by atomic mass is 35.5. The zero-order valence-electron chi connectivity index (χ0n) is 10.8. The van der Waals surface area contributed by atoms with E-state index < -0.39 is 4.92 Å². The van der Waals surface area contributed by atoms with Crippen molar-refractivity contribution in [1.29, 1.82) is 0 Å². The number of carbonyl (C=O) groups is 1. The molecule has 1 aromatic rings. The van der Waals surface area contributed by atoms with Crippen LogP contribution in [-0.4, -0.2) is 10.8 Å². The minimum atomic E-state index is -0.546. The number of hydrogen-bond acceptors (Lipinski definition) is 3. The highest BCUT2D eigenvalue weighted by molar-refractivity contribution is 6.32. The third kappa shape index (κ3) is 2.38. The second-order valence-electron chi connectivity index (χ2n) is 5.69. The number of nitrogens with zero attached hydrogens (tertiary/aromatic N) is 1. The summed E-state index contributed by atoms with van der Waals surface area (Å²) in [5.74, 6) is 1.22. The second-order valence-corrected chi connectivity index (χ2v) is 6.10. The average Bonchev–Trinajstić information content (AvgIpc) is 3.03. The molecule has 2 aliphatic carbocycles. The fourth-order valence-electron chi connectivity index (χ4n) is 3.53. The predicted molar refractivity (Wildman–Crippen MR) is 75.7 cm³/mol. The lowest BCUT2D eigenvalue weighted by Crippen LogP contribution is -2.27. The molecule has 2 bridgehead atoms. The molecule has 2 aliphatic rings. The van der Waals surface area contributed by atoms with Crippen molar-refractivity contribution in [2.45, 2.75) is 25.7 Å². The minimum Gasteiger partial charge on any atom is -0.326 e. The standard InChI is InChI=1S/C14H15ClN2O3/c15-12-4-3-10(7-13(12)17(19)20)16-14(18)11-6-8-1-2-9(11)5-8/h3-4,7-9,11H,1-2,5-6H2,(H,16,18)/t8-,9+,11-/m0/s1. The van der Waals surface area contributed by atoms with Crippen LogP contribution >= 0.6 is 11.6 Å². The van der Waals surface area contributed by atoms with E-state index in [1.807, 2.05) is 0 Å². The summed E-state index contributed by atoms with van der Waals surface area (Å²) in [4.78, 5) is 22.5. The number of amides is 1. The lowest BCUT2D eigenvalue weighted by molar-refractivity contribution is -0.384. The van der Waals surface area contributed by atoms with Crippen LogP contribution in [0.1, 0.15) is 25.7 Å². The highest BCUT2D eigenvalue weighted by Gasteiger charge is 2.43. The van der Waals surface area contributed by atoms with Crippen molar-refractivity contribution >= 4 is 28.9 Å². The molecule has 20 heavy (non-hydrogen) atoms. The van der Waals surface area contributed by atoms with E-state index in [1.165, 1.54) is 18.6 Å². The molecule has 0 aromatic heterocycles. The quantitative estimate of drug-likeness (QED) is 0.683. The Bertz CT molecular complexity index is 576. The van der Waals surface area contributed by atoms with E-state index in [0.29, 0.717) is 17.5 Å². The van der Waals surface area contributed by atoms with Crippen molar-refractivity contribution in [1.82, 2.24) is 0 Å². The van der Waals surface area contributed by atoms with E-state index >= 15 is 0 Å². The number of carbonyl (C=O) groups excluding carboxylic acids is 1. The molecule has 2 saturated carbocycles. The summed E-state index contributed by atoms with van der Waals surface area (Å²) in [7, 11) is 0. The average molecular weight is 295 g/mol. The van der Waals surface area contributed by atoms with Gasteiger partial charge in [0.25, 0.3) is 5.69 Å². The molecule has 0 aliphatic heterocycles. The first kappa shape index (κ1) is 13.4. The fourth-order valence-corrected chi connectivity index (χ4v) is 3.72. The lowest BCUT2D eigenvalue weighted by Gasteiger charge is -2.20. The number of nitro groups is 1. The largest absolute Gasteiger partial charge is 0.326 e. The summed E-state index contributed by atoms with van der Waals surface area (Å²) >= 11 is 5.75. The zero-order chi connectivity index (χ0) is 14.3. The summed E-state index contributed by atoms with van der Waals surface area (Å²) in [5.41, 5.74) is 0.256. The molecule has 3 rings (SSSR count). The third-order valence-corrected chi connectivity index (χ3v) is 4.80. The second kappa shape index (κ2) is 5.05. The van der Waals surface area contributed by atoms with Crippen LogP contribution in [0.3, 0.4) is 0 Å². The molecule has 2 fully saturated rings. The number of anilines is 1. The number of benzene rings is 1. The van der Waals surface area contributed by atoms with Gasteiger partial charge in [-0.1, -0.05) is 18.0 Å². The molecule has 0 spiro atoms. The van der Waals surface area contributed by atoms with E-state index in [1.54, 1.807) is 6.07 Å². The van der Waals surface area contributed by atoms with Crippen LogP contribution in [0.4, 0.5) is 11.4 Å². The van der Waals surface area contributed by atoms with Crippen LogP contribution in [0, 0.1) is 27.9 Å². The van der Waals surface area contributed by atoms with Gasteiger partial charge in [0.15, 0.2) is 0 Å². The molecule has 106 valence electrons. The smallest absolute Gasteiger partial charge is 0.289 e. The van der Waals surface area contributed by atoms with Gasteiger partial charge in [-0.05, 0) is 43.2 Å². The van der Waals surface area contributed by atoms with Crippen molar-refractivity contribution in [3.8, 4) is 0 Å². The molecule has 6 heteroatoms. The summed E-state index contributed by atoms with van der Waals surface area (Å²) in [6, 6.07) is 4.35. The van der Waals surface area contributed by atoms with Gasteiger partial charge in [0.2, 0.25) is 5.91 Å². The Hall–Kier alpha value is -1.62. The van der Waals surface area contributed by atoms with E-state index in [2.05, 4.69) is 5.32 Å². The molecular formula is C14H15ClN2O3. The molecular weight excluding hydrogens is 280 g/mol. The predicted octanol–water partition coefficient (Wildman–Crippen LogP) is 3.62. The third-order valence-electron chi connectivity index (χ3n) is 4.49. The van der Waals surface area contributed by atoms with E-state index in [-0.39, 0.29) is 22.5 Å². The summed E-state index contributed by atoms with van der Waals surface area (Å²) in [5, 5.41) is 13.7. The van der Waals surface area contributed by atoms with Crippen molar-refractivity contribution in [3.63, 3.8) is 0 Å². The van der Waals surface area contributed by atoms with Crippen molar-refractivity contribution < 1.29 is 9.72 Å². The summed E-state index contributed by atoms with van der Waals surface area (Å²) < 4.78 is 0. The Morgan fingerprint density at radius 2 is 2.15 bits per heavy atom. The number of hydrogen-bond donors (Lipinski definition) is 1. The number of rotatable bonds is 3. The van der Waals surface area contributed by atoms with Crippen molar-refractivity contribution in [2.24, 2.45) is 17.8 Å². The summed E-state index contributed by atoms with van der Waals surface area (Å²) in [6.45, 7) is 0. The van der Waals surface area contributed by atoms with Gasteiger partial charge in [-0.3, -0.25) is 14.9 Å². The van der Waals surface area contributed by atoms with Crippen molar-refractivity contribution in [2.75, 3.05) is 5.32 Å². The van der Waals surface area contributed by atoms with Gasteiger partial charge in [-0.25, -0.2) is 0 Å². The molecule has 1 N–H and O–H groups in total. The highest BCUT2D eigenvalue weighted by Crippen LogP contribution is 2.48. The maximum atomic E-state index is 12.3. The van der Waals surface area contributed by atoms with Crippen LogP contribution in [0.5, 0.6) is 0 Å². The topological polar surface area (TPSA) is 72.2 Å². The number of fused-ring (bicyclic) bond motifs is 2. The van der Waals surface area contributed by atoms with E-state index in [9.17, 15) is 14.9 Å². The number of halogens is 1. The van der Waals surface area contributed by atoms with Gasteiger partial charge in [0, 0.05) is 17.7 Å². The molecule has 0 heterocycles. The molecule has 0 radical (unpaired) electrons. The van der Waals surface area contributed by atoms with Gasteiger partial charge in [0.1, 0.15) is 5.02 Å². The monoisotopic (exact) mass is 294 g/mol. The first-order chi connectivity index (χ1) is 9.54. The molecule has 3 atom stereocenters. The fraction of sp³-hybridized carbons (Fsp3) is 0.500. The normalized spacial score (nSPS) is 27.6. The maximum Gasteiger partial charge on any atom is 0.289 e. The number of nitrogens with one attached hydrogen (secondary N) is 1. The first-order valence-electron chi connectivity index (χ1n) is 6.79. The molecule has 0 unspecified atom stereocenters.